The Bertz CT molecular complexity index is 385. The van der Waals surface area contributed by atoms with Crippen LogP contribution in [0.4, 0.5) is 5.82 Å². The predicted molar refractivity (Wildman–Crippen MR) is 79.8 cm³/mol. The molecule has 1 aromatic heterocycles. The number of anilines is 1. The van der Waals surface area contributed by atoms with Gasteiger partial charge in [-0.15, -0.1) is 0 Å². The van der Waals surface area contributed by atoms with E-state index in [9.17, 15) is 0 Å². The van der Waals surface area contributed by atoms with Crippen LogP contribution in [0.15, 0.2) is 6.07 Å². The van der Waals surface area contributed by atoms with Crippen LogP contribution < -0.4 is 5.32 Å². The maximum absolute atomic E-state index is 6.03. The first-order chi connectivity index (χ1) is 9.06. The topological polar surface area (TPSA) is 47.0 Å². The van der Waals surface area contributed by atoms with Gasteiger partial charge in [-0.25, -0.2) is 9.97 Å². The minimum Gasteiger partial charge on any atom is -0.380 e. The van der Waals surface area contributed by atoms with Gasteiger partial charge in [-0.1, -0.05) is 32.4 Å². The number of ether oxygens (including phenoxy) is 1. The highest BCUT2D eigenvalue weighted by molar-refractivity contribution is 6.29. The average Bonchev–Trinajstić information content (AvgIpc) is 2.33. The molecule has 4 nitrogen and oxygen atoms in total. The standard InChI is InChI=1S/C14H24ClN3O/c1-5-7-13-17-12(15)8-14(18-13)16-11(10(3)4)9-19-6-2/h8,10-11H,5-7,9H2,1-4H3,(H,16,17,18). The molecule has 0 saturated heterocycles. The predicted octanol–water partition coefficient (Wildman–Crippen LogP) is 3.56. The molecule has 0 aliphatic rings. The van der Waals surface area contributed by atoms with Crippen LogP contribution in [-0.4, -0.2) is 29.2 Å². The molecule has 0 fully saturated rings. The van der Waals surface area contributed by atoms with E-state index in [1.165, 1.54) is 0 Å². The largest absolute Gasteiger partial charge is 0.380 e. The maximum atomic E-state index is 6.03. The van der Waals surface area contributed by atoms with Gasteiger partial charge in [0.2, 0.25) is 0 Å². The highest BCUT2D eigenvalue weighted by Gasteiger charge is 2.14. The molecule has 0 spiro atoms. The summed E-state index contributed by atoms with van der Waals surface area (Å²) in [7, 11) is 0. The molecule has 0 bridgehead atoms. The van der Waals surface area contributed by atoms with Crippen LogP contribution in [0.2, 0.25) is 5.15 Å². The first-order valence-corrected chi connectivity index (χ1v) is 7.32. The van der Waals surface area contributed by atoms with Crippen molar-refractivity contribution in [2.24, 2.45) is 5.92 Å². The van der Waals surface area contributed by atoms with Gasteiger partial charge in [0.1, 0.15) is 16.8 Å². The van der Waals surface area contributed by atoms with Crippen LogP contribution in [0.25, 0.3) is 0 Å². The van der Waals surface area contributed by atoms with Crippen molar-refractivity contribution in [3.05, 3.63) is 17.0 Å². The second kappa shape index (κ2) is 8.33. The van der Waals surface area contributed by atoms with Gasteiger partial charge in [0, 0.05) is 19.1 Å². The molecule has 108 valence electrons. The van der Waals surface area contributed by atoms with Gasteiger partial charge in [-0.2, -0.15) is 0 Å². The summed E-state index contributed by atoms with van der Waals surface area (Å²) >= 11 is 6.03. The normalized spacial score (nSPS) is 12.7. The Balaban J connectivity index is 2.77. The Morgan fingerprint density at radius 2 is 2.05 bits per heavy atom. The zero-order valence-electron chi connectivity index (χ0n) is 12.2. The number of nitrogens with one attached hydrogen (secondary N) is 1. The Morgan fingerprint density at radius 3 is 2.63 bits per heavy atom. The molecule has 0 aliphatic carbocycles. The molecule has 0 aliphatic heterocycles. The first kappa shape index (κ1) is 16.2. The van der Waals surface area contributed by atoms with E-state index in [1.807, 2.05) is 6.92 Å². The summed E-state index contributed by atoms with van der Waals surface area (Å²) in [6.07, 6.45) is 1.85. The average molecular weight is 286 g/mol. The van der Waals surface area contributed by atoms with Crippen molar-refractivity contribution >= 4 is 17.4 Å². The van der Waals surface area contributed by atoms with E-state index in [1.54, 1.807) is 6.07 Å². The lowest BCUT2D eigenvalue weighted by Crippen LogP contribution is -2.31. The van der Waals surface area contributed by atoms with Gasteiger partial charge in [-0.3, -0.25) is 0 Å². The lowest BCUT2D eigenvalue weighted by Gasteiger charge is -2.23. The van der Waals surface area contributed by atoms with Gasteiger partial charge >= 0.3 is 0 Å². The molecule has 0 amide bonds. The van der Waals surface area contributed by atoms with Crippen LogP contribution in [0.5, 0.6) is 0 Å². The molecule has 0 saturated carbocycles. The number of rotatable bonds is 8. The molecule has 1 aromatic rings. The highest BCUT2D eigenvalue weighted by Crippen LogP contribution is 2.16. The third-order valence-corrected chi connectivity index (χ3v) is 3.05. The van der Waals surface area contributed by atoms with Gasteiger partial charge in [-0.05, 0) is 19.3 Å². The third-order valence-electron chi connectivity index (χ3n) is 2.85. The maximum Gasteiger partial charge on any atom is 0.134 e. The van der Waals surface area contributed by atoms with Crippen molar-refractivity contribution in [3.8, 4) is 0 Å². The van der Waals surface area contributed by atoms with E-state index in [-0.39, 0.29) is 6.04 Å². The van der Waals surface area contributed by atoms with Crippen molar-refractivity contribution < 1.29 is 4.74 Å². The monoisotopic (exact) mass is 285 g/mol. The second-order valence-corrected chi connectivity index (χ2v) is 5.28. The SMILES string of the molecule is CCCc1nc(Cl)cc(NC(COCC)C(C)C)n1. The second-order valence-electron chi connectivity index (χ2n) is 4.90. The van der Waals surface area contributed by atoms with Crippen LogP contribution in [0.1, 0.15) is 39.9 Å². The van der Waals surface area contributed by atoms with Crippen molar-refractivity contribution in [1.29, 1.82) is 0 Å². The summed E-state index contributed by atoms with van der Waals surface area (Å²) in [5.74, 6) is 2.02. The molecule has 19 heavy (non-hydrogen) atoms. The number of hydrogen-bond donors (Lipinski definition) is 1. The minimum absolute atomic E-state index is 0.223. The van der Waals surface area contributed by atoms with Gasteiger partial charge in [0.05, 0.1) is 12.6 Å². The smallest absolute Gasteiger partial charge is 0.134 e. The fraction of sp³-hybridized carbons (Fsp3) is 0.714. The number of halogens is 1. The molecule has 1 heterocycles. The number of nitrogens with zero attached hydrogens (tertiary/aromatic N) is 2. The van der Waals surface area contributed by atoms with Gasteiger partial charge in [0.15, 0.2) is 0 Å². The zero-order valence-corrected chi connectivity index (χ0v) is 13.0. The van der Waals surface area contributed by atoms with E-state index >= 15 is 0 Å². The van der Waals surface area contributed by atoms with Crippen LogP contribution >= 0.6 is 11.6 Å². The fourth-order valence-corrected chi connectivity index (χ4v) is 1.91. The van der Waals surface area contributed by atoms with Gasteiger partial charge in [0.25, 0.3) is 0 Å². The number of aryl methyl sites for hydroxylation is 1. The summed E-state index contributed by atoms with van der Waals surface area (Å²) in [6.45, 7) is 9.80. The number of aromatic nitrogens is 2. The molecule has 0 aromatic carbocycles. The van der Waals surface area contributed by atoms with Crippen molar-refractivity contribution in [1.82, 2.24) is 9.97 Å². The van der Waals surface area contributed by atoms with Crippen molar-refractivity contribution in [2.45, 2.75) is 46.6 Å². The van der Waals surface area contributed by atoms with Crippen molar-refractivity contribution in [3.63, 3.8) is 0 Å². The number of hydrogen-bond acceptors (Lipinski definition) is 4. The summed E-state index contributed by atoms with van der Waals surface area (Å²) in [6, 6.07) is 1.99. The van der Waals surface area contributed by atoms with Crippen LogP contribution in [0.3, 0.4) is 0 Å². The fourth-order valence-electron chi connectivity index (χ4n) is 1.71. The molecule has 5 heteroatoms. The minimum atomic E-state index is 0.223. The third kappa shape index (κ3) is 5.74. The molecular weight excluding hydrogens is 262 g/mol. The Kier molecular flexibility index (Phi) is 7.10. The Morgan fingerprint density at radius 1 is 1.32 bits per heavy atom. The van der Waals surface area contributed by atoms with E-state index in [2.05, 4.69) is 36.1 Å². The van der Waals surface area contributed by atoms with Crippen molar-refractivity contribution in [2.75, 3.05) is 18.5 Å². The van der Waals surface area contributed by atoms with E-state index < -0.39 is 0 Å². The zero-order chi connectivity index (χ0) is 14.3. The quantitative estimate of drug-likeness (QED) is 0.742. The summed E-state index contributed by atoms with van der Waals surface area (Å²) in [5, 5.41) is 3.88. The van der Waals surface area contributed by atoms with Gasteiger partial charge < -0.3 is 10.1 Å². The lowest BCUT2D eigenvalue weighted by atomic mass is 10.1. The molecule has 1 atom stereocenters. The summed E-state index contributed by atoms with van der Waals surface area (Å²) in [4.78, 5) is 8.71. The van der Waals surface area contributed by atoms with E-state index in [4.69, 9.17) is 16.3 Å². The molecule has 0 radical (unpaired) electrons. The highest BCUT2D eigenvalue weighted by atomic mass is 35.5. The molecule has 1 rings (SSSR count). The van der Waals surface area contributed by atoms with E-state index in [0.717, 1.165) is 31.1 Å². The Labute approximate surface area is 120 Å². The summed E-state index contributed by atoms with van der Waals surface area (Å²) in [5.41, 5.74) is 0. The molecule has 1 N–H and O–H groups in total. The first-order valence-electron chi connectivity index (χ1n) is 6.94. The van der Waals surface area contributed by atoms with E-state index in [0.29, 0.717) is 17.7 Å². The Hall–Kier alpha value is -0.870. The molecule has 1 unspecified atom stereocenters. The van der Waals surface area contributed by atoms with Crippen LogP contribution in [0, 0.1) is 5.92 Å². The van der Waals surface area contributed by atoms with Crippen LogP contribution in [-0.2, 0) is 11.2 Å². The lowest BCUT2D eigenvalue weighted by molar-refractivity contribution is 0.126. The molecular formula is C14H24ClN3O. The summed E-state index contributed by atoms with van der Waals surface area (Å²) < 4.78 is 5.50.